The summed E-state index contributed by atoms with van der Waals surface area (Å²) in [6.45, 7) is 6.10. The highest BCUT2D eigenvalue weighted by Crippen LogP contribution is 2.27. The number of aliphatic carboxylic acids is 1. The van der Waals surface area contributed by atoms with Crippen molar-refractivity contribution in [3.63, 3.8) is 0 Å². The first-order valence-electron chi connectivity index (χ1n) is 5.93. The number of carboxylic acids is 1. The maximum Gasteiger partial charge on any atom is 0.310 e. The SMILES string of the molecule is CCC(CC)(CN(C)CCCOC)C(=O)O. The molecular formula is C12H25NO3. The molecule has 0 aliphatic carbocycles. The maximum absolute atomic E-state index is 11.3. The molecule has 4 heteroatoms. The summed E-state index contributed by atoms with van der Waals surface area (Å²) in [5.74, 6) is -0.684. The number of carbonyl (C=O) groups is 1. The molecule has 0 spiro atoms. The zero-order valence-corrected chi connectivity index (χ0v) is 11.0. The topological polar surface area (TPSA) is 49.8 Å². The van der Waals surface area contributed by atoms with E-state index in [0.29, 0.717) is 19.4 Å². The van der Waals surface area contributed by atoms with Gasteiger partial charge in [-0.2, -0.15) is 0 Å². The van der Waals surface area contributed by atoms with Gasteiger partial charge in [0.1, 0.15) is 0 Å². The Bertz CT molecular complexity index is 202. The van der Waals surface area contributed by atoms with E-state index in [4.69, 9.17) is 4.74 Å². The number of nitrogens with zero attached hydrogens (tertiary/aromatic N) is 1. The maximum atomic E-state index is 11.3. The first-order chi connectivity index (χ1) is 7.52. The molecule has 0 radical (unpaired) electrons. The summed E-state index contributed by atoms with van der Waals surface area (Å²) in [6, 6.07) is 0. The number of methoxy groups -OCH3 is 1. The van der Waals surface area contributed by atoms with E-state index in [1.165, 1.54) is 0 Å². The Morgan fingerprint density at radius 3 is 2.31 bits per heavy atom. The van der Waals surface area contributed by atoms with Gasteiger partial charge in [-0.3, -0.25) is 4.79 Å². The second kappa shape index (κ2) is 7.63. The molecule has 0 rings (SSSR count). The van der Waals surface area contributed by atoms with Crippen LogP contribution in [0.25, 0.3) is 0 Å². The molecular weight excluding hydrogens is 206 g/mol. The van der Waals surface area contributed by atoms with Gasteiger partial charge < -0.3 is 14.7 Å². The Hall–Kier alpha value is -0.610. The lowest BCUT2D eigenvalue weighted by atomic mass is 9.82. The van der Waals surface area contributed by atoms with Crippen molar-refractivity contribution in [2.24, 2.45) is 5.41 Å². The van der Waals surface area contributed by atoms with Crippen LogP contribution in [0.5, 0.6) is 0 Å². The zero-order chi connectivity index (χ0) is 12.6. The van der Waals surface area contributed by atoms with Crippen LogP contribution in [-0.4, -0.2) is 49.8 Å². The second-order valence-electron chi connectivity index (χ2n) is 4.38. The minimum Gasteiger partial charge on any atom is -0.481 e. The molecule has 0 saturated carbocycles. The predicted octanol–water partition coefficient (Wildman–Crippen LogP) is 1.85. The lowest BCUT2D eigenvalue weighted by molar-refractivity contribution is -0.150. The third kappa shape index (κ3) is 4.49. The fourth-order valence-corrected chi connectivity index (χ4v) is 1.92. The molecule has 0 bridgehead atoms. The Morgan fingerprint density at radius 2 is 1.94 bits per heavy atom. The van der Waals surface area contributed by atoms with Crippen molar-refractivity contribution >= 4 is 5.97 Å². The molecule has 4 nitrogen and oxygen atoms in total. The van der Waals surface area contributed by atoms with E-state index in [9.17, 15) is 9.90 Å². The van der Waals surface area contributed by atoms with E-state index in [-0.39, 0.29) is 0 Å². The Balaban J connectivity index is 4.23. The van der Waals surface area contributed by atoms with Crippen LogP contribution in [0, 0.1) is 5.41 Å². The monoisotopic (exact) mass is 231 g/mol. The van der Waals surface area contributed by atoms with Crippen LogP contribution in [0.3, 0.4) is 0 Å². The first kappa shape index (κ1) is 15.4. The summed E-state index contributed by atoms with van der Waals surface area (Å²) in [4.78, 5) is 13.4. The molecule has 0 unspecified atom stereocenters. The van der Waals surface area contributed by atoms with Crippen molar-refractivity contribution in [3.8, 4) is 0 Å². The van der Waals surface area contributed by atoms with E-state index in [1.54, 1.807) is 7.11 Å². The largest absolute Gasteiger partial charge is 0.481 e. The third-order valence-electron chi connectivity index (χ3n) is 3.27. The predicted molar refractivity (Wildman–Crippen MR) is 64.6 cm³/mol. The van der Waals surface area contributed by atoms with Crippen LogP contribution < -0.4 is 0 Å². The van der Waals surface area contributed by atoms with Gasteiger partial charge in [-0.05, 0) is 26.3 Å². The second-order valence-corrected chi connectivity index (χ2v) is 4.38. The Labute approximate surface area is 98.6 Å². The lowest BCUT2D eigenvalue weighted by Gasteiger charge is -2.31. The number of rotatable bonds is 9. The van der Waals surface area contributed by atoms with Crippen LogP contribution >= 0.6 is 0 Å². The molecule has 0 aromatic rings. The molecule has 0 aliphatic heterocycles. The Kier molecular flexibility index (Phi) is 7.34. The summed E-state index contributed by atoms with van der Waals surface area (Å²) in [7, 11) is 3.65. The van der Waals surface area contributed by atoms with Crippen molar-refractivity contribution < 1.29 is 14.6 Å². The van der Waals surface area contributed by atoms with E-state index in [0.717, 1.165) is 19.6 Å². The molecule has 0 aromatic carbocycles. The molecule has 0 aromatic heterocycles. The summed E-state index contributed by atoms with van der Waals surface area (Å²) >= 11 is 0. The molecule has 1 N–H and O–H groups in total. The van der Waals surface area contributed by atoms with Gasteiger partial charge in [0.15, 0.2) is 0 Å². The van der Waals surface area contributed by atoms with Gasteiger partial charge in [-0.15, -0.1) is 0 Å². The fourth-order valence-electron chi connectivity index (χ4n) is 1.92. The highest BCUT2D eigenvalue weighted by atomic mass is 16.5. The average molecular weight is 231 g/mol. The molecule has 96 valence electrons. The normalized spacial score (nSPS) is 12.1. The molecule has 16 heavy (non-hydrogen) atoms. The van der Waals surface area contributed by atoms with Crippen molar-refractivity contribution in [2.45, 2.75) is 33.1 Å². The van der Waals surface area contributed by atoms with Crippen molar-refractivity contribution in [1.82, 2.24) is 4.90 Å². The number of hydrogen-bond donors (Lipinski definition) is 1. The first-order valence-corrected chi connectivity index (χ1v) is 5.93. The van der Waals surface area contributed by atoms with Crippen molar-refractivity contribution in [2.75, 3.05) is 33.9 Å². The van der Waals surface area contributed by atoms with Gasteiger partial charge in [-0.1, -0.05) is 13.8 Å². The standard InChI is InChI=1S/C12H25NO3/c1-5-12(6-2,11(14)15)10-13(3)8-7-9-16-4/h5-10H2,1-4H3,(H,14,15). The highest BCUT2D eigenvalue weighted by molar-refractivity contribution is 5.74. The van der Waals surface area contributed by atoms with Crippen LogP contribution in [0.4, 0.5) is 0 Å². The summed E-state index contributed by atoms with van der Waals surface area (Å²) in [5, 5.41) is 9.29. The number of ether oxygens (including phenoxy) is 1. The molecule has 0 atom stereocenters. The van der Waals surface area contributed by atoms with Crippen LogP contribution in [0.2, 0.25) is 0 Å². The molecule has 0 fully saturated rings. The summed E-state index contributed by atoms with van der Waals surface area (Å²) < 4.78 is 4.98. The van der Waals surface area contributed by atoms with Gasteiger partial charge in [-0.25, -0.2) is 0 Å². The quantitative estimate of drug-likeness (QED) is 0.615. The molecule has 0 amide bonds. The van der Waals surface area contributed by atoms with Crippen LogP contribution in [0.1, 0.15) is 33.1 Å². The number of carboxylic acid groups (broad SMARTS) is 1. The van der Waals surface area contributed by atoms with Gasteiger partial charge in [0.05, 0.1) is 5.41 Å². The van der Waals surface area contributed by atoms with Crippen molar-refractivity contribution in [1.29, 1.82) is 0 Å². The third-order valence-corrected chi connectivity index (χ3v) is 3.27. The smallest absolute Gasteiger partial charge is 0.310 e. The molecule has 0 heterocycles. The van der Waals surface area contributed by atoms with Crippen LogP contribution in [0.15, 0.2) is 0 Å². The Morgan fingerprint density at radius 1 is 1.38 bits per heavy atom. The number of hydrogen-bond acceptors (Lipinski definition) is 3. The van der Waals surface area contributed by atoms with E-state index < -0.39 is 11.4 Å². The highest BCUT2D eigenvalue weighted by Gasteiger charge is 2.35. The van der Waals surface area contributed by atoms with E-state index >= 15 is 0 Å². The minimum atomic E-state index is -0.684. The van der Waals surface area contributed by atoms with Crippen molar-refractivity contribution in [3.05, 3.63) is 0 Å². The molecule has 0 aliphatic rings. The summed E-state index contributed by atoms with van der Waals surface area (Å²) in [5.41, 5.74) is -0.595. The van der Waals surface area contributed by atoms with E-state index in [2.05, 4.69) is 4.90 Å². The van der Waals surface area contributed by atoms with Crippen LogP contribution in [-0.2, 0) is 9.53 Å². The fraction of sp³-hybridized carbons (Fsp3) is 0.917. The van der Waals surface area contributed by atoms with Gasteiger partial charge in [0.25, 0.3) is 0 Å². The van der Waals surface area contributed by atoms with Gasteiger partial charge in [0, 0.05) is 26.8 Å². The van der Waals surface area contributed by atoms with E-state index in [1.807, 2.05) is 20.9 Å². The van der Waals surface area contributed by atoms with Gasteiger partial charge in [0.2, 0.25) is 0 Å². The average Bonchev–Trinajstić information content (AvgIpc) is 2.26. The lowest BCUT2D eigenvalue weighted by Crippen LogP contribution is -2.41. The molecule has 0 saturated heterocycles. The zero-order valence-electron chi connectivity index (χ0n) is 11.0. The van der Waals surface area contributed by atoms with Gasteiger partial charge >= 0.3 is 5.97 Å². The minimum absolute atomic E-state index is 0.595. The summed E-state index contributed by atoms with van der Waals surface area (Å²) in [6.07, 6.45) is 2.29.